The molecule has 2 aliphatic rings. The lowest BCUT2D eigenvalue weighted by molar-refractivity contribution is 0.0945. The van der Waals surface area contributed by atoms with Gasteiger partial charge >= 0.3 is 0 Å². The van der Waals surface area contributed by atoms with E-state index in [-0.39, 0.29) is 5.91 Å². The van der Waals surface area contributed by atoms with Gasteiger partial charge in [-0.15, -0.1) is 11.3 Å². The Morgan fingerprint density at radius 2 is 2.15 bits per heavy atom. The number of aromatic nitrogens is 1. The van der Waals surface area contributed by atoms with Crippen molar-refractivity contribution in [2.24, 2.45) is 0 Å². The minimum absolute atomic E-state index is 0.135. The molecule has 1 aromatic carbocycles. The zero-order valence-electron chi connectivity index (χ0n) is 15.0. The van der Waals surface area contributed by atoms with E-state index in [0.717, 1.165) is 55.7 Å². The van der Waals surface area contributed by atoms with E-state index in [0.29, 0.717) is 12.2 Å². The Morgan fingerprint density at radius 3 is 3.11 bits per heavy atom. The summed E-state index contributed by atoms with van der Waals surface area (Å²) in [6.45, 7) is 2.43. The van der Waals surface area contributed by atoms with Crippen molar-refractivity contribution < 1.29 is 9.32 Å². The van der Waals surface area contributed by atoms with Crippen molar-refractivity contribution in [2.45, 2.75) is 25.7 Å². The van der Waals surface area contributed by atoms with Crippen molar-refractivity contribution >= 4 is 22.9 Å². The topological polar surface area (TPSA) is 58.4 Å². The molecule has 0 saturated carbocycles. The summed E-state index contributed by atoms with van der Waals surface area (Å²) in [6.07, 6.45) is 4.06. The van der Waals surface area contributed by atoms with Gasteiger partial charge in [-0.2, -0.15) is 0 Å². The maximum atomic E-state index is 12.7. The van der Waals surface area contributed by atoms with Gasteiger partial charge in [0, 0.05) is 41.3 Å². The number of hydrogen-bond acceptors (Lipinski definition) is 5. The number of benzene rings is 1. The van der Waals surface area contributed by atoms with Crippen LogP contribution < -0.4 is 10.2 Å². The van der Waals surface area contributed by atoms with Crippen LogP contribution >= 0.6 is 11.3 Å². The van der Waals surface area contributed by atoms with Gasteiger partial charge < -0.3 is 14.7 Å². The van der Waals surface area contributed by atoms with Crippen LogP contribution in [-0.4, -0.2) is 30.7 Å². The molecule has 1 amide bonds. The average molecular weight is 379 g/mol. The molecule has 0 bridgehead atoms. The molecule has 3 heterocycles. The van der Waals surface area contributed by atoms with Gasteiger partial charge in [0.05, 0.1) is 0 Å². The van der Waals surface area contributed by atoms with Gasteiger partial charge in [-0.25, -0.2) is 0 Å². The SMILES string of the molecule is O=C(NCCN1CCCc2ccccc21)c1noc2c1CCc1sccc1-2. The van der Waals surface area contributed by atoms with Crippen LogP contribution in [0.25, 0.3) is 11.3 Å². The number of anilines is 1. The molecular weight excluding hydrogens is 358 g/mol. The Balaban J connectivity index is 1.26. The molecule has 3 aromatic rings. The zero-order chi connectivity index (χ0) is 18.2. The molecule has 138 valence electrons. The number of nitrogens with zero attached hydrogens (tertiary/aromatic N) is 2. The molecule has 0 saturated heterocycles. The predicted octanol–water partition coefficient (Wildman–Crippen LogP) is 3.68. The number of rotatable bonds is 4. The van der Waals surface area contributed by atoms with Crippen molar-refractivity contribution in [3.63, 3.8) is 0 Å². The maximum absolute atomic E-state index is 12.7. The smallest absolute Gasteiger partial charge is 0.273 e. The second-order valence-corrected chi connectivity index (χ2v) is 8.07. The highest BCUT2D eigenvalue weighted by Gasteiger charge is 2.28. The summed E-state index contributed by atoms with van der Waals surface area (Å²) in [4.78, 5) is 16.3. The number of fused-ring (bicyclic) bond motifs is 4. The van der Waals surface area contributed by atoms with Crippen LogP contribution in [-0.2, 0) is 19.3 Å². The highest BCUT2D eigenvalue weighted by atomic mass is 32.1. The molecule has 0 radical (unpaired) electrons. The molecule has 5 nitrogen and oxygen atoms in total. The monoisotopic (exact) mass is 379 g/mol. The number of carbonyl (C=O) groups excluding carboxylic acids is 1. The second-order valence-electron chi connectivity index (χ2n) is 7.07. The lowest BCUT2D eigenvalue weighted by Gasteiger charge is -2.31. The predicted molar refractivity (Wildman–Crippen MR) is 107 cm³/mol. The third-order valence-corrected chi connectivity index (χ3v) is 6.45. The van der Waals surface area contributed by atoms with Crippen LogP contribution in [0.5, 0.6) is 0 Å². The first kappa shape index (κ1) is 16.6. The molecule has 2 aromatic heterocycles. The molecule has 5 rings (SSSR count). The minimum Gasteiger partial charge on any atom is -0.370 e. The van der Waals surface area contributed by atoms with Crippen molar-refractivity contribution in [3.05, 3.63) is 57.4 Å². The van der Waals surface area contributed by atoms with Gasteiger partial charge in [0.15, 0.2) is 11.5 Å². The first-order valence-corrected chi connectivity index (χ1v) is 10.4. The number of hydrogen-bond donors (Lipinski definition) is 1. The quantitative estimate of drug-likeness (QED) is 0.751. The Hall–Kier alpha value is -2.60. The number of carbonyl (C=O) groups is 1. The van der Waals surface area contributed by atoms with Gasteiger partial charge in [0.1, 0.15) is 0 Å². The Kier molecular flexibility index (Phi) is 4.20. The van der Waals surface area contributed by atoms with Crippen LogP contribution in [0.4, 0.5) is 5.69 Å². The van der Waals surface area contributed by atoms with E-state index < -0.39 is 0 Å². The second kappa shape index (κ2) is 6.85. The van der Waals surface area contributed by atoms with Crippen LogP contribution in [0.15, 0.2) is 40.2 Å². The third kappa shape index (κ3) is 2.94. The van der Waals surface area contributed by atoms with Crippen molar-refractivity contribution in [1.29, 1.82) is 0 Å². The summed E-state index contributed by atoms with van der Waals surface area (Å²) in [6, 6.07) is 10.6. The van der Waals surface area contributed by atoms with E-state index in [4.69, 9.17) is 4.52 Å². The fraction of sp³-hybridized carbons (Fsp3) is 0.333. The molecule has 1 aliphatic carbocycles. The first-order chi connectivity index (χ1) is 13.3. The van der Waals surface area contributed by atoms with Crippen molar-refractivity contribution in [1.82, 2.24) is 10.5 Å². The lowest BCUT2D eigenvalue weighted by atomic mass is 9.95. The van der Waals surface area contributed by atoms with E-state index in [2.05, 4.69) is 51.1 Å². The fourth-order valence-corrected chi connectivity index (χ4v) is 5.01. The number of amides is 1. The molecular formula is C21H21N3O2S. The zero-order valence-corrected chi connectivity index (χ0v) is 15.8. The number of aryl methyl sites for hydroxylation is 2. The Labute approximate surface area is 162 Å². The summed E-state index contributed by atoms with van der Waals surface area (Å²) in [5.74, 6) is 0.636. The molecule has 27 heavy (non-hydrogen) atoms. The van der Waals surface area contributed by atoms with E-state index in [1.165, 1.54) is 16.1 Å². The van der Waals surface area contributed by atoms with Gasteiger partial charge in [0.25, 0.3) is 5.91 Å². The molecule has 0 fully saturated rings. The fourth-order valence-electron chi connectivity index (χ4n) is 4.14. The Morgan fingerprint density at radius 1 is 1.22 bits per heavy atom. The van der Waals surface area contributed by atoms with Crippen LogP contribution in [0.1, 0.15) is 32.9 Å². The molecule has 1 aliphatic heterocycles. The van der Waals surface area contributed by atoms with Gasteiger partial charge in [-0.1, -0.05) is 23.4 Å². The molecule has 0 unspecified atom stereocenters. The molecule has 0 spiro atoms. The summed E-state index contributed by atoms with van der Waals surface area (Å²) < 4.78 is 5.52. The average Bonchev–Trinajstić information content (AvgIpc) is 3.34. The summed E-state index contributed by atoms with van der Waals surface area (Å²) >= 11 is 1.74. The maximum Gasteiger partial charge on any atom is 0.273 e. The number of nitrogens with one attached hydrogen (secondary N) is 1. The summed E-state index contributed by atoms with van der Waals surface area (Å²) in [7, 11) is 0. The summed E-state index contributed by atoms with van der Waals surface area (Å²) in [5.41, 5.74) is 5.18. The van der Waals surface area contributed by atoms with Crippen LogP contribution in [0.3, 0.4) is 0 Å². The number of thiophene rings is 1. The van der Waals surface area contributed by atoms with E-state index in [1.807, 2.05) is 0 Å². The molecule has 6 heteroatoms. The van der Waals surface area contributed by atoms with E-state index in [1.54, 1.807) is 11.3 Å². The minimum atomic E-state index is -0.135. The van der Waals surface area contributed by atoms with Gasteiger partial charge in [0.2, 0.25) is 0 Å². The van der Waals surface area contributed by atoms with Gasteiger partial charge in [-0.05, 0) is 48.8 Å². The van der Waals surface area contributed by atoms with Crippen molar-refractivity contribution in [3.8, 4) is 11.3 Å². The molecule has 1 N–H and O–H groups in total. The van der Waals surface area contributed by atoms with E-state index in [9.17, 15) is 4.79 Å². The standard InChI is InChI=1S/C21H21N3O2S/c25-21(19-16-7-8-18-15(9-13-27-18)20(16)26-23-19)22-10-12-24-11-3-5-14-4-1-2-6-17(14)24/h1-2,4,6,9,13H,3,5,7-8,10-12H2,(H,22,25). The normalized spacial score (nSPS) is 15.0. The molecule has 0 atom stereocenters. The lowest BCUT2D eigenvalue weighted by Crippen LogP contribution is -2.38. The first-order valence-electron chi connectivity index (χ1n) is 9.47. The highest BCUT2D eigenvalue weighted by Crippen LogP contribution is 2.38. The summed E-state index contributed by atoms with van der Waals surface area (Å²) in [5, 5.41) is 9.18. The highest BCUT2D eigenvalue weighted by molar-refractivity contribution is 7.10. The van der Waals surface area contributed by atoms with Crippen LogP contribution in [0, 0.1) is 0 Å². The largest absolute Gasteiger partial charge is 0.370 e. The van der Waals surface area contributed by atoms with E-state index >= 15 is 0 Å². The third-order valence-electron chi connectivity index (χ3n) is 5.47. The number of para-hydroxylation sites is 1. The van der Waals surface area contributed by atoms with Crippen molar-refractivity contribution in [2.75, 3.05) is 24.5 Å². The Bertz CT molecular complexity index is 991. The van der Waals surface area contributed by atoms with Gasteiger partial charge in [-0.3, -0.25) is 4.79 Å². The van der Waals surface area contributed by atoms with Crippen LogP contribution in [0.2, 0.25) is 0 Å².